The van der Waals surface area contributed by atoms with Gasteiger partial charge in [-0.1, -0.05) is 0 Å². The number of pyridine rings is 1. The summed E-state index contributed by atoms with van der Waals surface area (Å²) in [5.74, 6) is -0.111. The Morgan fingerprint density at radius 1 is 1.38 bits per heavy atom. The number of alkyl halides is 3. The van der Waals surface area contributed by atoms with Gasteiger partial charge < -0.3 is 4.74 Å². The minimum Gasteiger partial charge on any atom is -0.468 e. The zero-order valence-corrected chi connectivity index (χ0v) is 13.1. The first-order valence-electron chi connectivity index (χ1n) is 6.32. The molecule has 0 saturated carbocycles. The van der Waals surface area contributed by atoms with Gasteiger partial charge in [-0.2, -0.15) is 13.2 Å². The quantitative estimate of drug-likeness (QED) is 0.905. The minimum absolute atomic E-state index is 0.111. The highest BCUT2D eigenvalue weighted by Gasteiger charge is 2.28. The molecule has 0 spiro atoms. The number of nitrogens with one attached hydrogen (secondary N) is 1. The highest BCUT2D eigenvalue weighted by atomic mass is 32.2. The van der Waals surface area contributed by atoms with Crippen LogP contribution in [0.5, 0.6) is 5.88 Å². The van der Waals surface area contributed by atoms with Crippen molar-refractivity contribution in [3.63, 3.8) is 0 Å². The van der Waals surface area contributed by atoms with E-state index in [-0.39, 0.29) is 11.9 Å². The molecule has 4 nitrogen and oxygen atoms in total. The van der Waals surface area contributed by atoms with Crippen molar-refractivity contribution in [3.8, 4) is 5.88 Å². The highest BCUT2D eigenvalue weighted by Crippen LogP contribution is 2.21. The van der Waals surface area contributed by atoms with Crippen LogP contribution in [0.2, 0.25) is 0 Å². The average molecular weight is 324 g/mol. The van der Waals surface area contributed by atoms with Crippen LogP contribution in [-0.2, 0) is 11.0 Å². The maximum atomic E-state index is 12.1. The van der Waals surface area contributed by atoms with Crippen molar-refractivity contribution in [1.82, 2.24) is 9.71 Å². The number of nitrogens with zero attached hydrogens (tertiary/aromatic N) is 1. The molecule has 0 unspecified atom stereocenters. The number of hydrogen-bond acceptors (Lipinski definition) is 3. The summed E-state index contributed by atoms with van der Waals surface area (Å²) >= 11 is 0. The van der Waals surface area contributed by atoms with Gasteiger partial charge in [0, 0.05) is 18.3 Å². The van der Waals surface area contributed by atoms with Crippen molar-refractivity contribution in [2.75, 3.05) is 6.61 Å². The van der Waals surface area contributed by atoms with E-state index in [1.807, 2.05) is 20.8 Å². The van der Waals surface area contributed by atoms with Gasteiger partial charge in [0.05, 0.1) is 15.7 Å². The van der Waals surface area contributed by atoms with E-state index in [0.717, 1.165) is 0 Å². The third kappa shape index (κ3) is 6.43. The average Bonchev–Trinajstić information content (AvgIpc) is 2.34. The first-order chi connectivity index (χ1) is 9.49. The van der Waals surface area contributed by atoms with Crippen molar-refractivity contribution < 1.29 is 22.1 Å². The lowest BCUT2D eigenvalue weighted by atomic mass is 10.1. The van der Waals surface area contributed by atoms with Crippen LogP contribution < -0.4 is 9.46 Å². The van der Waals surface area contributed by atoms with E-state index in [9.17, 15) is 17.4 Å². The maximum Gasteiger partial charge on any atom is 0.422 e. The normalized spacial score (nSPS) is 15.6. The lowest BCUT2D eigenvalue weighted by molar-refractivity contribution is -0.154. The Kier molecular flexibility index (Phi) is 5.75. The van der Waals surface area contributed by atoms with Crippen LogP contribution in [0.1, 0.15) is 39.3 Å². The van der Waals surface area contributed by atoms with E-state index in [0.29, 0.717) is 5.56 Å². The summed E-state index contributed by atoms with van der Waals surface area (Å²) in [5, 5.41) is 0. The molecule has 0 aliphatic heterocycles. The van der Waals surface area contributed by atoms with Crippen LogP contribution in [0.15, 0.2) is 18.3 Å². The molecular formula is C13H19F3N2O2S. The van der Waals surface area contributed by atoms with E-state index in [1.54, 1.807) is 13.0 Å². The van der Waals surface area contributed by atoms with Crippen molar-refractivity contribution >= 4 is 11.0 Å². The number of aromatic nitrogens is 1. The van der Waals surface area contributed by atoms with Crippen molar-refractivity contribution in [1.29, 1.82) is 0 Å². The van der Waals surface area contributed by atoms with Gasteiger partial charge in [-0.3, -0.25) is 0 Å². The molecule has 1 rings (SSSR count). The van der Waals surface area contributed by atoms with Gasteiger partial charge in [0.1, 0.15) is 0 Å². The number of hydrogen-bond donors (Lipinski definition) is 1. The molecule has 1 aromatic rings. The monoisotopic (exact) mass is 324 g/mol. The molecule has 0 aliphatic rings. The highest BCUT2D eigenvalue weighted by molar-refractivity contribution is 7.84. The Hall–Kier alpha value is -1.15. The second-order valence-electron chi connectivity index (χ2n) is 5.55. The molecule has 1 heterocycles. The van der Waals surface area contributed by atoms with Crippen molar-refractivity contribution in [2.24, 2.45) is 0 Å². The second-order valence-corrected chi connectivity index (χ2v) is 7.55. The van der Waals surface area contributed by atoms with Gasteiger partial charge in [0.2, 0.25) is 5.88 Å². The summed E-state index contributed by atoms with van der Waals surface area (Å²) in [6.45, 7) is 5.86. The Labute approximate surface area is 124 Å². The lowest BCUT2D eigenvalue weighted by Crippen LogP contribution is -2.34. The van der Waals surface area contributed by atoms with Crippen LogP contribution in [0.4, 0.5) is 13.2 Å². The molecule has 0 fully saturated rings. The molecule has 2 atom stereocenters. The SMILES string of the molecule is C[C@@H](N[S@](=O)C(C)(C)C)c1ccnc(OCC(F)(F)F)c1. The van der Waals surface area contributed by atoms with E-state index in [2.05, 4.69) is 14.4 Å². The molecule has 0 saturated heterocycles. The van der Waals surface area contributed by atoms with Crippen molar-refractivity contribution in [2.45, 2.75) is 44.7 Å². The van der Waals surface area contributed by atoms with E-state index < -0.39 is 28.5 Å². The lowest BCUT2D eigenvalue weighted by Gasteiger charge is -2.22. The Morgan fingerprint density at radius 3 is 2.52 bits per heavy atom. The Bertz CT molecular complexity index is 501. The largest absolute Gasteiger partial charge is 0.468 e. The fourth-order valence-electron chi connectivity index (χ4n) is 1.33. The van der Waals surface area contributed by atoms with Gasteiger partial charge in [0.25, 0.3) is 0 Å². The van der Waals surface area contributed by atoms with Gasteiger partial charge >= 0.3 is 6.18 Å². The summed E-state index contributed by atoms with van der Waals surface area (Å²) in [5.41, 5.74) is 0.653. The molecule has 1 aromatic heterocycles. The van der Waals surface area contributed by atoms with E-state index in [4.69, 9.17) is 0 Å². The summed E-state index contributed by atoms with van der Waals surface area (Å²) in [7, 11) is -1.28. The Balaban J connectivity index is 2.73. The van der Waals surface area contributed by atoms with Crippen LogP contribution in [0.3, 0.4) is 0 Å². The zero-order valence-electron chi connectivity index (χ0n) is 12.3. The van der Waals surface area contributed by atoms with Gasteiger partial charge in [-0.05, 0) is 39.3 Å². The predicted octanol–water partition coefficient (Wildman–Crippen LogP) is 3.14. The third-order valence-corrected chi connectivity index (χ3v) is 4.16. The summed E-state index contributed by atoms with van der Waals surface area (Å²) < 4.78 is 55.4. The fourth-order valence-corrected chi connectivity index (χ4v) is 2.14. The zero-order chi connectivity index (χ0) is 16.3. The molecular weight excluding hydrogens is 305 g/mol. The molecule has 0 aromatic carbocycles. The van der Waals surface area contributed by atoms with Crippen LogP contribution in [0.25, 0.3) is 0 Å². The molecule has 0 amide bonds. The van der Waals surface area contributed by atoms with E-state index in [1.165, 1.54) is 12.3 Å². The Morgan fingerprint density at radius 2 is 2.00 bits per heavy atom. The van der Waals surface area contributed by atoms with E-state index >= 15 is 0 Å². The van der Waals surface area contributed by atoms with Crippen LogP contribution in [0, 0.1) is 0 Å². The third-order valence-electron chi connectivity index (χ3n) is 2.48. The molecule has 21 heavy (non-hydrogen) atoms. The smallest absolute Gasteiger partial charge is 0.422 e. The number of ether oxygens (including phenoxy) is 1. The topological polar surface area (TPSA) is 51.2 Å². The summed E-state index contributed by atoms with van der Waals surface area (Å²) in [6, 6.07) is 2.74. The van der Waals surface area contributed by atoms with Gasteiger partial charge in [-0.15, -0.1) is 0 Å². The minimum atomic E-state index is -4.41. The number of rotatable bonds is 5. The molecule has 0 aliphatic carbocycles. The summed E-state index contributed by atoms with van der Waals surface area (Å²) in [6.07, 6.45) is -3.05. The molecule has 1 N–H and O–H groups in total. The van der Waals surface area contributed by atoms with Crippen molar-refractivity contribution in [3.05, 3.63) is 23.9 Å². The first-order valence-corrected chi connectivity index (χ1v) is 7.47. The molecule has 0 radical (unpaired) electrons. The predicted molar refractivity (Wildman–Crippen MR) is 75.2 cm³/mol. The number of halogens is 3. The fraction of sp³-hybridized carbons (Fsp3) is 0.615. The molecule has 8 heteroatoms. The summed E-state index contributed by atoms with van der Waals surface area (Å²) in [4.78, 5) is 3.73. The van der Waals surface area contributed by atoms with Crippen LogP contribution in [-0.4, -0.2) is 26.7 Å². The maximum absolute atomic E-state index is 12.1. The standard InChI is InChI=1S/C13H19F3N2O2S/c1-9(18-21(19)12(2,3)4)10-5-6-17-11(7-10)20-8-13(14,15)16/h5-7,9,18H,8H2,1-4H3/t9-,21-/m1/s1. The second kappa shape index (κ2) is 6.74. The first kappa shape index (κ1) is 17.9. The van der Waals surface area contributed by atoms with Gasteiger partial charge in [-0.25, -0.2) is 13.9 Å². The molecule has 0 bridgehead atoms. The van der Waals surface area contributed by atoms with Gasteiger partial charge in [0.15, 0.2) is 6.61 Å². The molecule has 120 valence electrons. The van der Waals surface area contributed by atoms with Crippen LogP contribution >= 0.6 is 0 Å².